The van der Waals surface area contributed by atoms with Gasteiger partial charge in [0, 0.05) is 31.6 Å². The van der Waals surface area contributed by atoms with E-state index in [0.29, 0.717) is 37.4 Å². The Balaban J connectivity index is 2.67. The number of hydrogen-bond donors (Lipinski definition) is 0. The molecule has 0 unspecified atom stereocenters. The van der Waals surface area contributed by atoms with Crippen LogP contribution in [0.25, 0.3) is 0 Å². The van der Waals surface area contributed by atoms with E-state index in [1.807, 2.05) is 6.07 Å². The first kappa shape index (κ1) is 16.1. The number of nitriles is 2. The molecule has 0 radical (unpaired) electrons. The highest BCUT2D eigenvalue weighted by atomic mass is 35.5. The van der Waals surface area contributed by atoms with Gasteiger partial charge in [-0.2, -0.15) is 10.5 Å². The van der Waals surface area contributed by atoms with Crippen molar-refractivity contribution in [2.24, 2.45) is 0 Å². The molecule has 0 saturated carbocycles. The maximum atomic E-state index is 12.1. The Morgan fingerprint density at radius 1 is 1.20 bits per heavy atom. The molecule has 1 aromatic heterocycles. The van der Waals surface area contributed by atoms with Crippen molar-refractivity contribution in [3.63, 3.8) is 0 Å². The first-order chi connectivity index (χ1) is 9.69. The number of ether oxygens (including phenoxy) is 1. The summed E-state index contributed by atoms with van der Waals surface area (Å²) in [6.07, 6.45) is 4.49. The number of aromatic nitrogens is 1. The van der Waals surface area contributed by atoms with Crippen LogP contribution in [-0.2, 0) is 6.54 Å². The average molecular weight is 294 g/mol. The molecule has 0 spiro atoms. The normalized spacial score (nSPS) is 9.75. The van der Waals surface area contributed by atoms with E-state index < -0.39 is 0 Å². The van der Waals surface area contributed by atoms with Crippen LogP contribution >= 0.6 is 11.6 Å². The second-order valence-electron chi connectivity index (χ2n) is 4.25. The number of hydrogen-bond acceptors (Lipinski definition) is 4. The summed E-state index contributed by atoms with van der Waals surface area (Å²) in [5.74, 6) is 0.204. The summed E-state index contributed by atoms with van der Waals surface area (Å²) in [5.41, 5.74) is -0.233. The molecule has 20 heavy (non-hydrogen) atoms. The molecule has 1 rings (SSSR count). The Hall–Kier alpha value is -1.98. The van der Waals surface area contributed by atoms with E-state index in [-0.39, 0.29) is 11.3 Å². The van der Waals surface area contributed by atoms with E-state index in [1.165, 1.54) is 10.6 Å². The summed E-state index contributed by atoms with van der Waals surface area (Å²) in [4.78, 5) is 12.1. The van der Waals surface area contributed by atoms with Gasteiger partial charge in [-0.05, 0) is 19.3 Å². The molecule has 6 heteroatoms. The molecule has 0 N–H and O–H groups in total. The molecule has 1 aromatic rings. The van der Waals surface area contributed by atoms with Gasteiger partial charge in [-0.25, -0.2) is 0 Å². The van der Waals surface area contributed by atoms with Gasteiger partial charge >= 0.3 is 0 Å². The SMILES string of the molecule is N#CCCCCn1cc(Cl)cc(OCCCC#N)c1=O. The minimum absolute atomic E-state index is 0.204. The minimum Gasteiger partial charge on any atom is -0.488 e. The summed E-state index contributed by atoms with van der Waals surface area (Å²) >= 11 is 5.96. The van der Waals surface area contributed by atoms with Gasteiger partial charge in [0.05, 0.1) is 23.8 Å². The lowest BCUT2D eigenvalue weighted by molar-refractivity contribution is 0.305. The van der Waals surface area contributed by atoms with Crippen molar-refractivity contribution in [3.05, 3.63) is 27.6 Å². The maximum absolute atomic E-state index is 12.1. The standard InChI is InChI=1S/C14H16ClN3O2/c15-12-10-13(20-9-5-3-7-17)14(19)18(11-12)8-4-1-2-6-16/h10-11H,1-5,8-9H2. The van der Waals surface area contributed by atoms with E-state index in [2.05, 4.69) is 6.07 Å². The number of halogens is 1. The van der Waals surface area contributed by atoms with Crippen LogP contribution in [0.5, 0.6) is 5.75 Å². The number of pyridine rings is 1. The molecule has 0 fully saturated rings. The molecule has 0 atom stereocenters. The summed E-state index contributed by atoms with van der Waals surface area (Å²) < 4.78 is 6.87. The predicted molar refractivity (Wildman–Crippen MR) is 75.5 cm³/mol. The Bertz CT molecular complexity index is 523. The monoisotopic (exact) mass is 293 g/mol. The average Bonchev–Trinajstić information content (AvgIpc) is 2.44. The molecular weight excluding hydrogens is 278 g/mol. The van der Waals surface area contributed by atoms with Gasteiger partial charge in [-0.3, -0.25) is 4.79 Å². The Labute approximate surface area is 123 Å². The fourth-order valence-electron chi connectivity index (χ4n) is 1.66. The van der Waals surface area contributed by atoms with Gasteiger partial charge in [0.25, 0.3) is 5.56 Å². The number of aryl methyl sites for hydroxylation is 1. The van der Waals surface area contributed by atoms with E-state index in [9.17, 15) is 4.79 Å². The van der Waals surface area contributed by atoms with Crippen LogP contribution in [0, 0.1) is 22.7 Å². The van der Waals surface area contributed by atoms with Crippen molar-refractivity contribution in [3.8, 4) is 17.9 Å². The molecule has 0 amide bonds. The highest BCUT2D eigenvalue weighted by Crippen LogP contribution is 2.14. The van der Waals surface area contributed by atoms with Crippen LogP contribution in [0.3, 0.4) is 0 Å². The third kappa shape index (κ3) is 5.34. The highest BCUT2D eigenvalue weighted by molar-refractivity contribution is 6.30. The zero-order chi connectivity index (χ0) is 14.8. The summed E-state index contributed by atoms with van der Waals surface area (Å²) in [6.45, 7) is 0.827. The van der Waals surface area contributed by atoms with Gasteiger partial charge in [-0.15, -0.1) is 0 Å². The lowest BCUT2D eigenvalue weighted by atomic mass is 10.2. The highest BCUT2D eigenvalue weighted by Gasteiger charge is 2.07. The van der Waals surface area contributed by atoms with Crippen molar-refractivity contribution in [2.45, 2.75) is 38.6 Å². The predicted octanol–water partition coefficient (Wildman–Crippen LogP) is 2.88. The van der Waals surface area contributed by atoms with Gasteiger partial charge in [-0.1, -0.05) is 11.6 Å². The lowest BCUT2D eigenvalue weighted by Gasteiger charge is -2.10. The summed E-state index contributed by atoms with van der Waals surface area (Å²) in [7, 11) is 0. The third-order valence-corrected chi connectivity index (χ3v) is 2.85. The second kappa shape index (κ2) is 9.01. The maximum Gasteiger partial charge on any atom is 0.292 e. The molecule has 0 bridgehead atoms. The molecule has 0 aliphatic carbocycles. The molecule has 0 aromatic carbocycles. The molecule has 1 heterocycles. The second-order valence-corrected chi connectivity index (χ2v) is 4.68. The Morgan fingerprint density at radius 3 is 2.60 bits per heavy atom. The first-order valence-electron chi connectivity index (χ1n) is 6.45. The van der Waals surface area contributed by atoms with Crippen molar-refractivity contribution < 1.29 is 4.74 Å². The van der Waals surface area contributed by atoms with Crippen LogP contribution < -0.4 is 10.3 Å². The van der Waals surface area contributed by atoms with Gasteiger partial charge in [0.15, 0.2) is 5.75 Å². The van der Waals surface area contributed by atoms with E-state index in [4.69, 9.17) is 26.9 Å². The topological polar surface area (TPSA) is 78.8 Å². The molecule has 0 aliphatic heterocycles. The quantitative estimate of drug-likeness (QED) is 0.690. The molecule has 0 saturated heterocycles. The Kier molecular flexibility index (Phi) is 7.24. The van der Waals surface area contributed by atoms with Crippen LogP contribution in [-0.4, -0.2) is 11.2 Å². The van der Waals surface area contributed by atoms with Crippen LogP contribution in [0.15, 0.2) is 17.1 Å². The van der Waals surface area contributed by atoms with Crippen molar-refractivity contribution in [2.75, 3.05) is 6.61 Å². The van der Waals surface area contributed by atoms with Gasteiger partial charge in [0.2, 0.25) is 0 Å². The number of nitrogens with zero attached hydrogens (tertiary/aromatic N) is 3. The van der Waals surface area contributed by atoms with Crippen LogP contribution in [0.2, 0.25) is 5.02 Å². The molecular formula is C14H16ClN3O2. The third-order valence-electron chi connectivity index (χ3n) is 2.65. The zero-order valence-corrected chi connectivity index (χ0v) is 11.9. The van der Waals surface area contributed by atoms with Gasteiger partial charge in [0.1, 0.15) is 0 Å². The van der Waals surface area contributed by atoms with Crippen molar-refractivity contribution in [1.29, 1.82) is 10.5 Å². The van der Waals surface area contributed by atoms with Crippen molar-refractivity contribution >= 4 is 11.6 Å². The van der Waals surface area contributed by atoms with Gasteiger partial charge < -0.3 is 9.30 Å². The summed E-state index contributed by atoms with van der Waals surface area (Å²) in [6, 6.07) is 5.57. The van der Waals surface area contributed by atoms with Crippen molar-refractivity contribution in [1.82, 2.24) is 4.57 Å². The lowest BCUT2D eigenvalue weighted by Crippen LogP contribution is -2.22. The van der Waals surface area contributed by atoms with E-state index in [1.54, 1.807) is 6.20 Å². The molecule has 0 aliphatic rings. The fraction of sp³-hybridized carbons (Fsp3) is 0.500. The zero-order valence-electron chi connectivity index (χ0n) is 11.1. The van der Waals surface area contributed by atoms with E-state index in [0.717, 1.165) is 12.8 Å². The molecule has 5 nitrogen and oxygen atoms in total. The van der Waals surface area contributed by atoms with Crippen LogP contribution in [0.4, 0.5) is 0 Å². The minimum atomic E-state index is -0.233. The Morgan fingerprint density at radius 2 is 1.90 bits per heavy atom. The largest absolute Gasteiger partial charge is 0.488 e. The fourth-order valence-corrected chi connectivity index (χ4v) is 1.88. The summed E-state index contributed by atoms with van der Waals surface area (Å²) in [5, 5.41) is 17.3. The van der Waals surface area contributed by atoms with Crippen LogP contribution in [0.1, 0.15) is 32.1 Å². The smallest absolute Gasteiger partial charge is 0.292 e. The number of unbranched alkanes of at least 4 members (excludes halogenated alkanes) is 3. The first-order valence-corrected chi connectivity index (χ1v) is 6.83. The van der Waals surface area contributed by atoms with E-state index >= 15 is 0 Å². The number of rotatable bonds is 8. The molecule has 106 valence electrons.